The van der Waals surface area contributed by atoms with Crippen molar-refractivity contribution in [3.05, 3.63) is 65.5 Å². The molecule has 140 valence electrons. The lowest BCUT2D eigenvalue weighted by atomic mass is 10.00. The van der Waals surface area contributed by atoms with Crippen LogP contribution in [-0.2, 0) is 4.79 Å². The molecular weight excluding hydrogens is 363 g/mol. The molecule has 4 rings (SSSR count). The van der Waals surface area contributed by atoms with Crippen molar-refractivity contribution in [2.24, 2.45) is 0 Å². The molecule has 0 aromatic heterocycles. The lowest BCUT2D eigenvalue weighted by Crippen LogP contribution is -2.53. The summed E-state index contributed by atoms with van der Waals surface area (Å²) in [5.41, 5.74) is 2.44. The predicted octanol–water partition coefficient (Wildman–Crippen LogP) is 3.85. The summed E-state index contributed by atoms with van der Waals surface area (Å²) in [5.74, 6) is 0.0252. The highest BCUT2D eigenvalue weighted by Gasteiger charge is 2.49. The molecule has 2 fully saturated rings. The molecule has 0 radical (unpaired) electrons. The van der Waals surface area contributed by atoms with Crippen LogP contribution in [0.5, 0.6) is 0 Å². The third-order valence-electron chi connectivity index (χ3n) is 5.32. The maximum absolute atomic E-state index is 13.4. The van der Waals surface area contributed by atoms with Crippen LogP contribution in [0, 0.1) is 12.7 Å². The van der Waals surface area contributed by atoms with Gasteiger partial charge in [-0.2, -0.15) is 0 Å². The minimum absolute atomic E-state index is 0.119. The Labute approximate surface area is 162 Å². The van der Waals surface area contributed by atoms with E-state index in [0.29, 0.717) is 37.2 Å². The van der Waals surface area contributed by atoms with E-state index in [-0.39, 0.29) is 16.7 Å². The summed E-state index contributed by atoms with van der Waals surface area (Å²) in [6.45, 7) is 3.13. The highest BCUT2D eigenvalue weighted by atomic mass is 32.2. The molecule has 1 spiro atoms. The quantitative estimate of drug-likeness (QED) is 0.790. The summed E-state index contributed by atoms with van der Waals surface area (Å²) in [7, 11) is 0. The number of likely N-dealkylation sites (tertiary alicyclic amines) is 1. The van der Waals surface area contributed by atoms with E-state index < -0.39 is 5.82 Å². The number of anilines is 1. The van der Waals surface area contributed by atoms with Crippen molar-refractivity contribution in [2.45, 2.75) is 24.6 Å². The number of aryl methyl sites for hydroxylation is 1. The third kappa shape index (κ3) is 3.34. The molecule has 2 aromatic rings. The Balaban J connectivity index is 1.52. The zero-order valence-electron chi connectivity index (χ0n) is 15.2. The molecule has 0 saturated carbocycles. The fourth-order valence-electron chi connectivity index (χ4n) is 3.86. The van der Waals surface area contributed by atoms with Gasteiger partial charge in [0.05, 0.1) is 10.6 Å². The number of nitrogens with zero attached hydrogens (tertiary/aromatic N) is 2. The first-order valence-electron chi connectivity index (χ1n) is 9.07. The lowest BCUT2D eigenvalue weighted by molar-refractivity contribution is -0.116. The van der Waals surface area contributed by atoms with Crippen LogP contribution in [0.2, 0.25) is 0 Å². The van der Waals surface area contributed by atoms with Crippen molar-refractivity contribution in [1.29, 1.82) is 0 Å². The van der Waals surface area contributed by atoms with Crippen LogP contribution in [0.4, 0.5) is 10.1 Å². The number of carbonyl (C=O) groups excluding carboxylic acids is 2. The van der Waals surface area contributed by atoms with Crippen LogP contribution in [0.15, 0.2) is 48.5 Å². The van der Waals surface area contributed by atoms with E-state index in [4.69, 9.17) is 0 Å². The zero-order valence-corrected chi connectivity index (χ0v) is 16.0. The highest BCUT2D eigenvalue weighted by Crippen LogP contribution is 2.46. The molecule has 27 heavy (non-hydrogen) atoms. The van der Waals surface area contributed by atoms with E-state index >= 15 is 0 Å². The van der Waals surface area contributed by atoms with Crippen molar-refractivity contribution in [2.75, 3.05) is 23.7 Å². The van der Waals surface area contributed by atoms with Gasteiger partial charge in [0.2, 0.25) is 5.91 Å². The number of hydrogen-bond donors (Lipinski definition) is 0. The van der Waals surface area contributed by atoms with Gasteiger partial charge < -0.3 is 4.90 Å². The molecule has 4 nitrogen and oxygen atoms in total. The number of rotatable bonds is 2. The van der Waals surface area contributed by atoms with Gasteiger partial charge >= 0.3 is 0 Å². The van der Waals surface area contributed by atoms with Crippen molar-refractivity contribution < 1.29 is 14.0 Å². The zero-order chi connectivity index (χ0) is 19.0. The number of hydrogen-bond acceptors (Lipinski definition) is 3. The van der Waals surface area contributed by atoms with Crippen molar-refractivity contribution in [3.8, 4) is 0 Å². The summed E-state index contributed by atoms with van der Waals surface area (Å²) in [4.78, 5) is 28.6. The van der Waals surface area contributed by atoms with Gasteiger partial charge in [-0.05, 0) is 50.1 Å². The second-order valence-corrected chi connectivity index (χ2v) is 8.44. The molecule has 2 heterocycles. The van der Waals surface area contributed by atoms with Crippen molar-refractivity contribution in [3.63, 3.8) is 0 Å². The summed E-state index contributed by atoms with van der Waals surface area (Å²) in [6.07, 6.45) is 1.41. The maximum Gasteiger partial charge on any atom is 0.253 e. The molecule has 2 saturated heterocycles. The molecule has 0 N–H and O–H groups in total. The van der Waals surface area contributed by atoms with Gasteiger partial charge in [0, 0.05) is 24.3 Å². The maximum atomic E-state index is 13.4. The molecule has 2 amide bonds. The van der Waals surface area contributed by atoms with Crippen LogP contribution >= 0.6 is 11.8 Å². The van der Waals surface area contributed by atoms with Gasteiger partial charge in [-0.15, -0.1) is 11.8 Å². The number of benzene rings is 2. The molecule has 6 heteroatoms. The molecule has 2 aliphatic rings. The first-order chi connectivity index (χ1) is 13.0. The predicted molar refractivity (Wildman–Crippen MR) is 105 cm³/mol. The normalized spacial score (nSPS) is 19.0. The fourth-order valence-corrected chi connectivity index (χ4v) is 5.19. The Morgan fingerprint density at radius 2 is 1.81 bits per heavy atom. The fraction of sp³-hybridized carbons (Fsp3) is 0.333. The standard InChI is InChI=1S/C21H21FN2O2S/c1-15-5-7-18(8-6-15)24-19(25)14-27-21(24)9-11-23(12-10-21)20(26)16-3-2-4-17(22)13-16/h2-8,13H,9-12,14H2,1H3. The van der Waals surface area contributed by atoms with Gasteiger partial charge in [0.15, 0.2) is 0 Å². The van der Waals surface area contributed by atoms with Crippen LogP contribution in [0.25, 0.3) is 0 Å². The van der Waals surface area contributed by atoms with Crippen LogP contribution < -0.4 is 4.90 Å². The second-order valence-electron chi connectivity index (χ2n) is 7.10. The first-order valence-corrected chi connectivity index (χ1v) is 10.1. The molecule has 0 aliphatic carbocycles. The smallest absolute Gasteiger partial charge is 0.253 e. The highest BCUT2D eigenvalue weighted by molar-refractivity contribution is 8.02. The number of halogens is 1. The minimum atomic E-state index is -0.406. The summed E-state index contributed by atoms with van der Waals surface area (Å²) in [6, 6.07) is 13.8. The van der Waals surface area contributed by atoms with E-state index in [9.17, 15) is 14.0 Å². The van der Waals surface area contributed by atoms with Gasteiger partial charge in [-0.25, -0.2) is 4.39 Å². The molecule has 2 aliphatic heterocycles. The van der Waals surface area contributed by atoms with E-state index in [0.717, 1.165) is 11.3 Å². The average Bonchev–Trinajstić information content (AvgIpc) is 2.98. The molecule has 0 atom stereocenters. The van der Waals surface area contributed by atoms with Crippen LogP contribution in [0.1, 0.15) is 28.8 Å². The average molecular weight is 384 g/mol. The molecule has 0 bridgehead atoms. The van der Waals surface area contributed by atoms with Gasteiger partial charge in [0.1, 0.15) is 5.82 Å². The Morgan fingerprint density at radius 3 is 2.48 bits per heavy atom. The van der Waals surface area contributed by atoms with E-state index in [1.54, 1.807) is 28.8 Å². The lowest BCUT2D eigenvalue weighted by Gasteiger charge is -2.44. The Kier molecular flexibility index (Phi) is 4.68. The number of amides is 2. The van der Waals surface area contributed by atoms with E-state index in [1.807, 2.05) is 36.1 Å². The van der Waals surface area contributed by atoms with Gasteiger partial charge in [-0.1, -0.05) is 23.8 Å². The SMILES string of the molecule is Cc1ccc(N2C(=O)CSC23CCN(C(=O)c2cccc(F)c2)CC3)cc1. The number of thioether (sulfide) groups is 1. The molecule has 0 unspecified atom stereocenters. The van der Waals surface area contributed by atoms with Gasteiger partial charge in [0.25, 0.3) is 5.91 Å². The largest absolute Gasteiger partial charge is 0.338 e. The molecule has 2 aromatic carbocycles. The first kappa shape index (κ1) is 18.0. The number of carbonyl (C=O) groups is 2. The third-order valence-corrected chi connectivity index (χ3v) is 6.84. The Hall–Kier alpha value is -2.34. The summed E-state index contributed by atoms with van der Waals surface area (Å²) in [5, 5.41) is 0. The van der Waals surface area contributed by atoms with Crippen molar-refractivity contribution >= 4 is 29.3 Å². The Bertz CT molecular complexity index is 876. The Morgan fingerprint density at radius 1 is 1.11 bits per heavy atom. The minimum Gasteiger partial charge on any atom is -0.338 e. The monoisotopic (exact) mass is 384 g/mol. The van der Waals surface area contributed by atoms with Crippen LogP contribution in [-0.4, -0.2) is 40.4 Å². The van der Waals surface area contributed by atoms with Crippen LogP contribution in [0.3, 0.4) is 0 Å². The second kappa shape index (κ2) is 7.00. The summed E-state index contributed by atoms with van der Waals surface area (Å²) >= 11 is 1.67. The van der Waals surface area contributed by atoms with Gasteiger partial charge in [-0.3, -0.25) is 14.5 Å². The van der Waals surface area contributed by atoms with Crippen molar-refractivity contribution in [1.82, 2.24) is 4.90 Å². The summed E-state index contributed by atoms with van der Waals surface area (Å²) < 4.78 is 13.4. The van der Waals surface area contributed by atoms with E-state index in [2.05, 4.69) is 0 Å². The molecular formula is C21H21FN2O2S. The van der Waals surface area contributed by atoms with E-state index in [1.165, 1.54) is 12.1 Å². The topological polar surface area (TPSA) is 40.6 Å². The number of piperidine rings is 1.